The van der Waals surface area contributed by atoms with Crippen LogP contribution in [0.3, 0.4) is 0 Å². The number of hydrogen-bond donors (Lipinski definition) is 3. The zero-order valence-corrected chi connectivity index (χ0v) is 8.35. The van der Waals surface area contributed by atoms with E-state index in [2.05, 4.69) is 20.9 Å². The number of halogens is 3. The molecule has 0 spiro atoms. The maximum absolute atomic E-state index is 13.1. The van der Waals surface area contributed by atoms with E-state index >= 15 is 0 Å². The number of hydroxylamine groups is 1. The number of rotatable bonds is 1. The molecule has 0 radical (unpaired) electrons. The van der Waals surface area contributed by atoms with Gasteiger partial charge in [-0.05, 0) is 22.0 Å². The first kappa shape index (κ1) is 10.9. The Hall–Kier alpha value is -1.21. The molecule has 0 aliphatic rings. The van der Waals surface area contributed by atoms with Gasteiger partial charge >= 0.3 is 0 Å². The standard InChI is InChI=1S/C7H6BrF2N3O/c8-3-1-5(10)6(2-4(3)9)12-7(11)13-14/h1-2,14H,(H3,11,12,13). The van der Waals surface area contributed by atoms with Gasteiger partial charge in [0.15, 0.2) is 0 Å². The van der Waals surface area contributed by atoms with Crippen LogP contribution in [0.4, 0.5) is 14.5 Å². The zero-order valence-electron chi connectivity index (χ0n) is 6.76. The van der Waals surface area contributed by atoms with E-state index in [0.29, 0.717) is 0 Å². The van der Waals surface area contributed by atoms with Gasteiger partial charge in [0.1, 0.15) is 17.3 Å². The molecule has 0 atom stereocenters. The smallest absolute Gasteiger partial charge is 0.218 e. The minimum atomic E-state index is -0.753. The molecular weight excluding hydrogens is 260 g/mol. The molecule has 1 rings (SSSR count). The SMILES string of the molecule is NC(=Nc1cc(F)c(Br)cc1F)NO. The highest BCUT2D eigenvalue weighted by molar-refractivity contribution is 9.10. The molecule has 0 bridgehead atoms. The van der Waals surface area contributed by atoms with Gasteiger partial charge in [-0.2, -0.15) is 0 Å². The van der Waals surface area contributed by atoms with Crippen LogP contribution in [0.1, 0.15) is 0 Å². The molecule has 14 heavy (non-hydrogen) atoms. The summed E-state index contributed by atoms with van der Waals surface area (Å²) in [5.74, 6) is -1.85. The highest BCUT2D eigenvalue weighted by Crippen LogP contribution is 2.25. The molecule has 4 nitrogen and oxygen atoms in total. The van der Waals surface area contributed by atoms with E-state index in [-0.39, 0.29) is 10.2 Å². The third-order valence-electron chi connectivity index (χ3n) is 1.35. The van der Waals surface area contributed by atoms with Crippen molar-refractivity contribution in [1.82, 2.24) is 5.48 Å². The average molecular weight is 266 g/mol. The molecule has 1 aromatic rings. The molecule has 0 heterocycles. The predicted molar refractivity (Wildman–Crippen MR) is 50.3 cm³/mol. The fraction of sp³-hybridized carbons (Fsp3) is 0. The maximum atomic E-state index is 13.1. The summed E-state index contributed by atoms with van der Waals surface area (Å²) < 4.78 is 26.0. The molecule has 0 fully saturated rings. The van der Waals surface area contributed by atoms with E-state index < -0.39 is 17.6 Å². The second kappa shape index (κ2) is 4.34. The lowest BCUT2D eigenvalue weighted by Gasteiger charge is -2.01. The van der Waals surface area contributed by atoms with Crippen molar-refractivity contribution in [1.29, 1.82) is 0 Å². The first-order valence-corrected chi connectivity index (χ1v) is 4.22. The van der Waals surface area contributed by atoms with Crippen molar-refractivity contribution in [2.24, 2.45) is 10.7 Å². The van der Waals surface area contributed by atoms with E-state index in [4.69, 9.17) is 10.9 Å². The maximum Gasteiger partial charge on any atom is 0.218 e. The molecule has 0 aromatic heterocycles. The highest BCUT2D eigenvalue weighted by atomic mass is 79.9. The quantitative estimate of drug-likeness (QED) is 0.313. The third kappa shape index (κ3) is 2.39. The Morgan fingerprint density at radius 1 is 1.43 bits per heavy atom. The Labute approximate surface area is 86.5 Å². The highest BCUT2D eigenvalue weighted by Gasteiger charge is 2.07. The molecule has 4 N–H and O–H groups in total. The number of nitrogens with zero attached hydrogens (tertiary/aromatic N) is 1. The van der Waals surface area contributed by atoms with Crippen molar-refractivity contribution in [3.63, 3.8) is 0 Å². The van der Waals surface area contributed by atoms with Gasteiger partial charge in [0.05, 0.1) is 4.47 Å². The van der Waals surface area contributed by atoms with Crippen LogP contribution in [0.15, 0.2) is 21.6 Å². The van der Waals surface area contributed by atoms with Crippen LogP contribution < -0.4 is 11.2 Å². The topological polar surface area (TPSA) is 70.6 Å². The summed E-state index contributed by atoms with van der Waals surface area (Å²) in [4.78, 5) is 3.38. The molecule has 0 amide bonds. The van der Waals surface area contributed by atoms with Crippen LogP contribution in [0, 0.1) is 11.6 Å². The summed E-state index contributed by atoms with van der Waals surface area (Å²) >= 11 is 2.80. The van der Waals surface area contributed by atoms with E-state index in [1.807, 2.05) is 0 Å². The zero-order chi connectivity index (χ0) is 10.7. The lowest BCUT2D eigenvalue weighted by atomic mass is 10.3. The number of hydrogen-bond acceptors (Lipinski definition) is 2. The Balaban J connectivity index is 3.16. The van der Waals surface area contributed by atoms with Gasteiger partial charge in [-0.25, -0.2) is 19.3 Å². The Morgan fingerprint density at radius 2 is 2.07 bits per heavy atom. The Morgan fingerprint density at radius 3 is 2.64 bits per heavy atom. The molecule has 0 saturated carbocycles. The average Bonchev–Trinajstić information content (AvgIpc) is 2.14. The van der Waals surface area contributed by atoms with Crippen molar-refractivity contribution in [2.75, 3.05) is 0 Å². The summed E-state index contributed by atoms with van der Waals surface area (Å²) in [6.45, 7) is 0. The van der Waals surface area contributed by atoms with E-state index in [0.717, 1.165) is 12.1 Å². The third-order valence-corrected chi connectivity index (χ3v) is 1.95. The van der Waals surface area contributed by atoms with Crippen molar-refractivity contribution >= 4 is 27.6 Å². The van der Waals surface area contributed by atoms with Gasteiger partial charge in [0.25, 0.3) is 0 Å². The molecule has 0 aliphatic carbocycles. The molecule has 0 saturated heterocycles. The molecule has 7 heteroatoms. The summed E-state index contributed by atoms with van der Waals surface area (Å²) in [6, 6.07) is 1.77. The van der Waals surface area contributed by atoms with Crippen LogP contribution in [-0.4, -0.2) is 11.2 Å². The monoisotopic (exact) mass is 265 g/mol. The molecule has 0 aliphatic heterocycles. The molecule has 1 aromatic carbocycles. The van der Waals surface area contributed by atoms with Crippen molar-refractivity contribution in [3.8, 4) is 0 Å². The lowest BCUT2D eigenvalue weighted by molar-refractivity contribution is 0.233. The largest absolute Gasteiger partial charge is 0.368 e. The minimum Gasteiger partial charge on any atom is -0.368 e. The van der Waals surface area contributed by atoms with Crippen LogP contribution in [0.25, 0.3) is 0 Å². The number of nitrogens with one attached hydrogen (secondary N) is 1. The first-order chi connectivity index (χ1) is 6.54. The summed E-state index contributed by atoms with van der Waals surface area (Å²) in [5.41, 5.74) is 6.25. The fourth-order valence-corrected chi connectivity index (χ4v) is 1.07. The first-order valence-electron chi connectivity index (χ1n) is 3.43. The number of nitrogens with two attached hydrogens (primary N) is 1. The van der Waals surface area contributed by atoms with Gasteiger partial charge in [0.2, 0.25) is 5.96 Å². The van der Waals surface area contributed by atoms with Crippen LogP contribution >= 0.6 is 15.9 Å². The normalized spacial score (nSPS) is 11.6. The van der Waals surface area contributed by atoms with Gasteiger partial charge in [-0.3, -0.25) is 5.21 Å². The molecule has 0 unspecified atom stereocenters. The Kier molecular flexibility index (Phi) is 3.37. The van der Waals surface area contributed by atoms with Crippen molar-refractivity contribution < 1.29 is 14.0 Å². The fourth-order valence-electron chi connectivity index (χ4n) is 0.753. The van der Waals surface area contributed by atoms with Gasteiger partial charge < -0.3 is 5.73 Å². The number of guanidine groups is 1. The predicted octanol–water partition coefficient (Wildman–Crippen LogP) is 1.65. The molecule has 76 valence electrons. The van der Waals surface area contributed by atoms with Gasteiger partial charge in [-0.1, -0.05) is 0 Å². The van der Waals surface area contributed by atoms with Crippen LogP contribution in [0.2, 0.25) is 0 Å². The van der Waals surface area contributed by atoms with Crippen molar-refractivity contribution in [2.45, 2.75) is 0 Å². The summed E-state index contributed by atoms with van der Waals surface area (Å²) in [7, 11) is 0. The number of aliphatic imine (C=N–C) groups is 1. The van der Waals surface area contributed by atoms with E-state index in [9.17, 15) is 8.78 Å². The summed E-state index contributed by atoms with van der Waals surface area (Å²) in [5, 5.41) is 8.28. The van der Waals surface area contributed by atoms with E-state index in [1.54, 1.807) is 0 Å². The number of benzene rings is 1. The van der Waals surface area contributed by atoms with Gasteiger partial charge in [-0.15, -0.1) is 0 Å². The second-order valence-electron chi connectivity index (χ2n) is 2.33. The van der Waals surface area contributed by atoms with E-state index in [1.165, 1.54) is 5.48 Å². The second-order valence-corrected chi connectivity index (χ2v) is 3.18. The van der Waals surface area contributed by atoms with Crippen molar-refractivity contribution in [3.05, 3.63) is 28.2 Å². The molecular formula is C7H6BrF2N3O. The Bertz CT molecular complexity index is 383. The van der Waals surface area contributed by atoms with Crippen LogP contribution in [-0.2, 0) is 0 Å². The van der Waals surface area contributed by atoms with Crippen LogP contribution in [0.5, 0.6) is 0 Å². The summed E-state index contributed by atoms with van der Waals surface area (Å²) in [6.07, 6.45) is 0. The van der Waals surface area contributed by atoms with Gasteiger partial charge in [0, 0.05) is 6.07 Å². The lowest BCUT2D eigenvalue weighted by Crippen LogP contribution is -2.27. The minimum absolute atomic E-state index is 0.00974.